The molecule has 0 spiro atoms. The minimum Gasteiger partial charge on any atom is -0.507 e. The Labute approximate surface area is 106 Å². The van der Waals surface area contributed by atoms with Crippen LogP contribution in [0.2, 0.25) is 0 Å². The summed E-state index contributed by atoms with van der Waals surface area (Å²) in [5.41, 5.74) is 2.77. The molecule has 0 bridgehead atoms. The minimum atomic E-state index is 0.115. The fourth-order valence-corrected chi connectivity index (χ4v) is 1.86. The van der Waals surface area contributed by atoms with Crippen molar-refractivity contribution in [2.75, 3.05) is 0 Å². The van der Waals surface area contributed by atoms with E-state index in [2.05, 4.69) is 5.16 Å². The standard InChI is InChI=1S/C15H15NO2/c1-2-11-8-9-14(17)13(10-11)15(16-18)12-6-4-3-5-7-12/h3-10,17-18H,2H2,1H3/b16-15+. The summed E-state index contributed by atoms with van der Waals surface area (Å²) in [6, 6.07) is 14.6. The first-order valence-corrected chi connectivity index (χ1v) is 5.86. The van der Waals surface area contributed by atoms with E-state index < -0.39 is 0 Å². The van der Waals surface area contributed by atoms with Gasteiger partial charge >= 0.3 is 0 Å². The number of phenolic OH excluding ortho intramolecular Hbond substituents is 1. The molecule has 0 amide bonds. The lowest BCUT2D eigenvalue weighted by molar-refractivity contribution is 0.319. The lowest BCUT2D eigenvalue weighted by Crippen LogP contribution is -2.04. The smallest absolute Gasteiger partial charge is 0.125 e. The van der Waals surface area contributed by atoms with E-state index in [1.807, 2.05) is 49.4 Å². The van der Waals surface area contributed by atoms with E-state index in [0.717, 1.165) is 17.5 Å². The summed E-state index contributed by atoms with van der Waals surface area (Å²) in [6.07, 6.45) is 0.862. The summed E-state index contributed by atoms with van der Waals surface area (Å²) >= 11 is 0. The van der Waals surface area contributed by atoms with Crippen LogP contribution in [0.4, 0.5) is 0 Å². The van der Waals surface area contributed by atoms with Crippen LogP contribution in [0.25, 0.3) is 0 Å². The van der Waals surface area contributed by atoms with E-state index in [4.69, 9.17) is 0 Å². The molecule has 0 saturated carbocycles. The van der Waals surface area contributed by atoms with Gasteiger partial charge < -0.3 is 10.3 Å². The highest BCUT2D eigenvalue weighted by molar-refractivity contribution is 6.14. The van der Waals surface area contributed by atoms with Crippen molar-refractivity contribution in [1.29, 1.82) is 0 Å². The Kier molecular flexibility index (Phi) is 3.63. The Morgan fingerprint density at radius 1 is 1.11 bits per heavy atom. The molecule has 2 aromatic carbocycles. The van der Waals surface area contributed by atoms with Gasteiger partial charge in [0.1, 0.15) is 11.5 Å². The van der Waals surface area contributed by atoms with E-state index in [0.29, 0.717) is 11.3 Å². The molecule has 2 N–H and O–H groups in total. The van der Waals surface area contributed by atoms with E-state index in [1.165, 1.54) is 0 Å². The summed E-state index contributed by atoms with van der Waals surface area (Å²) < 4.78 is 0. The van der Waals surface area contributed by atoms with E-state index in [-0.39, 0.29) is 5.75 Å². The molecule has 92 valence electrons. The van der Waals surface area contributed by atoms with Crippen LogP contribution in [-0.4, -0.2) is 16.0 Å². The third-order valence-corrected chi connectivity index (χ3v) is 2.87. The largest absolute Gasteiger partial charge is 0.507 e. The molecule has 0 heterocycles. The van der Waals surface area contributed by atoms with Gasteiger partial charge in [0.2, 0.25) is 0 Å². The summed E-state index contributed by atoms with van der Waals surface area (Å²) in [7, 11) is 0. The Morgan fingerprint density at radius 2 is 1.83 bits per heavy atom. The summed E-state index contributed by atoms with van der Waals surface area (Å²) in [4.78, 5) is 0. The van der Waals surface area contributed by atoms with Gasteiger partial charge in [-0.1, -0.05) is 48.5 Å². The van der Waals surface area contributed by atoms with Crippen LogP contribution in [0.15, 0.2) is 53.7 Å². The van der Waals surface area contributed by atoms with E-state index in [1.54, 1.807) is 6.07 Å². The maximum Gasteiger partial charge on any atom is 0.125 e. The van der Waals surface area contributed by atoms with Crippen molar-refractivity contribution in [3.63, 3.8) is 0 Å². The number of oxime groups is 1. The van der Waals surface area contributed by atoms with Crippen LogP contribution in [-0.2, 0) is 6.42 Å². The molecule has 0 radical (unpaired) electrons. The molecular weight excluding hydrogens is 226 g/mol. The van der Waals surface area contributed by atoms with Crippen molar-refractivity contribution in [2.24, 2.45) is 5.16 Å². The number of aromatic hydroxyl groups is 1. The van der Waals surface area contributed by atoms with Crippen LogP contribution in [0.1, 0.15) is 23.6 Å². The van der Waals surface area contributed by atoms with Gasteiger partial charge in [0.05, 0.1) is 0 Å². The van der Waals surface area contributed by atoms with Gasteiger partial charge in [-0.3, -0.25) is 0 Å². The van der Waals surface area contributed by atoms with Crippen LogP contribution in [0, 0.1) is 0 Å². The summed E-state index contributed by atoms with van der Waals surface area (Å²) in [6.45, 7) is 2.04. The van der Waals surface area contributed by atoms with Gasteiger partial charge in [0, 0.05) is 11.1 Å². The van der Waals surface area contributed by atoms with Crippen molar-refractivity contribution in [1.82, 2.24) is 0 Å². The second-order valence-electron chi connectivity index (χ2n) is 4.02. The summed E-state index contributed by atoms with van der Waals surface area (Å²) in [5.74, 6) is 0.115. The zero-order valence-electron chi connectivity index (χ0n) is 10.2. The molecule has 0 aliphatic rings. The maximum atomic E-state index is 9.90. The second-order valence-corrected chi connectivity index (χ2v) is 4.02. The molecule has 18 heavy (non-hydrogen) atoms. The van der Waals surface area contributed by atoms with Crippen LogP contribution in [0.3, 0.4) is 0 Å². The first kappa shape index (κ1) is 12.2. The monoisotopic (exact) mass is 241 g/mol. The third kappa shape index (κ3) is 2.35. The molecule has 0 aromatic heterocycles. The molecule has 2 rings (SSSR count). The summed E-state index contributed by atoms with van der Waals surface area (Å²) in [5, 5.41) is 22.4. The zero-order chi connectivity index (χ0) is 13.0. The predicted molar refractivity (Wildman–Crippen MR) is 71.4 cm³/mol. The zero-order valence-corrected chi connectivity index (χ0v) is 10.2. The van der Waals surface area contributed by atoms with Crippen LogP contribution in [0.5, 0.6) is 5.75 Å². The van der Waals surface area contributed by atoms with Gasteiger partial charge in [-0.2, -0.15) is 0 Å². The molecule has 0 saturated heterocycles. The lowest BCUT2D eigenvalue weighted by atomic mass is 9.99. The highest BCUT2D eigenvalue weighted by Crippen LogP contribution is 2.22. The number of benzene rings is 2. The van der Waals surface area contributed by atoms with Crippen LogP contribution >= 0.6 is 0 Å². The van der Waals surface area contributed by atoms with Gasteiger partial charge in [-0.15, -0.1) is 0 Å². The highest BCUT2D eigenvalue weighted by atomic mass is 16.4. The third-order valence-electron chi connectivity index (χ3n) is 2.87. The first-order chi connectivity index (χ1) is 8.76. The molecule has 2 aromatic rings. The van der Waals surface area contributed by atoms with E-state index >= 15 is 0 Å². The molecule has 0 aliphatic carbocycles. The first-order valence-electron chi connectivity index (χ1n) is 5.86. The number of phenols is 1. The maximum absolute atomic E-state index is 9.90. The Hall–Kier alpha value is -2.29. The average molecular weight is 241 g/mol. The lowest BCUT2D eigenvalue weighted by Gasteiger charge is -2.08. The van der Waals surface area contributed by atoms with Crippen molar-refractivity contribution < 1.29 is 10.3 Å². The van der Waals surface area contributed by atoms with Crippen molar-refractivity contribution in [2.45, 2.75) is 13.3 Å². The van der Waals surface area contributed by atoms with Gasteiger partial charge in [-0.05, 0) is 24.1 Å². The molecule has 0 aliphatic heterocycles. The SMILES string of the molecule is CCc1ccc(O)c(/C(=N/O)c2ccccc2)c1. The highest BCUT2D eigenvalue weighted by Gasteiger charge is 2.12. The number of aryl methyl sites for hydroxylation is 1. The Morgan fingerprint density at radius 3 is 2.44 bits per heavy atom. The van der Waals surface area contributed by atoms with Crippen molar-refractivity contribution in [3.8, 4) is 5.75 Å². The quantitative estimate of drug-likeness (QED) is 0.492. The Bertz CT molecular complexity index is 562. The fourth-order valence-electron chi connectivity index (χ4n) is 1.86. The average Bonchev–Trinajstić information content (AvgIpc) is 2.43. The molecule has 0 atom stereocenters. The molecule has 0 fully saturated rings. The van der Waals surface area contributed by atoms with Gasteiger partial charge in [0.15, 0.2) is 0 Å². The van der Waals surface area contributed by atoms with E-state index in [9.17, 15) is 10.3 Å². The predicted octanol–water partition coefficient (Wildman–Crippen LogP) is 3.18. The van der Waals surface area contributed by atoms with Gasteiger partial charge in [-0.25, -0.2) is 0 Å². The number of rotatable bonds is 3. The topological polar surface area (TPSA) is 52.8 Å². The van der Waals surface area contributed by atoms with Gasteiger partial charge in [0.25, 0.3) is 0 Å². The second kappa shape index (κ2) is 5.36. The van der Waals surface area contributed by atoms with Crippen LogP contribution < -0.4 is 0 Å². The number of hydrogen-bond donors (Lipinski definition) is 2. The molecule has 0 unspecified atom stereocenters. The number of hydrogen-bond acceptors (Lipinski definition) is 3. The molecule has 3 nitrogen and oxygen atoms in total. The molecular formula is C15H15NO2. The Balaban J connectivity index is 2.52. The van der Waals surface area contributed by atoms with Crippen molar-refractivity contribution >= 4 is 5.71 Å². The minimum absolute atomic E-state index is 0.115. The fraction of sp³-hybridized carbons (Fsp3) is 0.133. The number of nitrogens with zero attached hydrogens (tertiary/aromatic N) is 1. The van der Waals surface area contributed by atoms with Crippen molar-refractivity contribution in [3.05, 3.63) is 65.2 Å². The normalized spacial score (nSPS) is 11.5. The molecule has 3 heteroatoms.